The number of hydrogen-bond acceptors (Lipinski definition) is 7. The summed E-state index contributed by atoms with van der Waals surface area (Å²) >= 11 is 0. The fourth-order valence-electron chi connectivity index (χ4n) is 3.10. The minimum Gasteiger partial charge on any atom is -0.362 e. The van der Waals surface area contributed by atoms with Crippen LogP contribution in [-0.4, -0.2) is 55.2 Å². The fourth-order valence-corrected chi connectivity index (χ4v) is 3.10. The van der Waals surface area contributed by atoms with E-state index in [1.54, 1.807) is 6.20 Å². The van der Waals surface area contributed by atoms with Crippen molar-refractivity contribution in [3.8, 4) is 11.5 Å². The Labute approximate surface area is 152 Å². The van der Waals surface area contributed by atoms with Gasteiger partial charge in [0.05, 0.1) is 12.2 Å². The standard InChI is InChI=1S/C18H22N8/c1-12-21-16(25-24-12)11-20-17-13-6-9-26(2)10-7-14(13)22-18(23-17)15-5-3-4-8-19-15/h3-5,8H,6-7,9-11H2,1-2H3,(H,20,22,23)(H,21,24,25). The summed E-state index contributed by atoms with van der Waals surface area (Å²) in [5.74, 6) is 3.04. The van der Waals surface area contributed by atoms with E-state index in [-0.39, 0.29) is 0 Å². The highest BCUT2D eigenvalue weighted by Gasteiger charge is 2.19. The Bertz CT molecular complexity index is 889. The number of likely N-dealkylation sites (N-methyl/N-ethyl adjacent to an activating group) is 1. The number of nitrogens with zero attached hydrogens (tertiary/aromatic N) is 6. The lowest BCUT2D eigenvalue weighted by atomic mass is 10.1. The molecule has 4 heterocycles. The summed E-state index contributed by atoms with van der Waals surface area (Å²) in [6.07, 6.45) is 3.59. The Balaban J connectivity index is 1.70. The molecule has 0 unspecified atom stereocenters. The van der Waals surface area contributed by atoms with Crippen LogP contribution in [0.2, 0.25) is 0 Å². The van der Waals surface area contributed by atoms with Gasteiger partial charge in [-0.05, 0) is 32.5 Å². The molecule has 0 saturated carbocycles. The number of hydrogen-bond donors (Lipinski definition) is 2. The van der Waals surface area contributed by atoms with Crippen molar-refractivity contribution in [2.75, 3.05) is 25.5 Å². The van der Waals surface area contributed by atoms with Crippen molar-refractivity contribution in [2.45, 2.75) is 26.3 Å². The Kier molecular flexibility index (Phi) is 4.57. The van der Waals surface area contributed by atoms with Gasteiger partial charge in [0.15, 0.2) is 11.6 Å². The Morgan fingerprint density at radius 3 is 2.81 bits per heavy atom. The predicted octanol–water partition coefficient (Wildman–Crippen LogP) is 1.61. The normalized spacial score (nSPS) is 14.7. The van der Waals surface area contributed by atoms with Crippen LogP contribution in [0.5, 0.6) is 0 Å². The van der Waals surface area contributed by atoms with Gasteiger partial charge < -0.3 is 10.2 Å². The van der Waals surface area contributed by atoms with Crippen molar-refractivity contribution in [1.29, 1.82) is 0 Å². The number of nitrogens with one attached hydrogen (secondary N) is 2. The smallest absolute Gasteiger partial charge is 0.180 e. The van der Waals surface area contributed by atoms with Gasteiger partial charge in [-0.15, -0.1) is 0 Å². The van der Waals surface area contributed by atoms with E-state index in [0.29, 0.717) is 12.4 Å². The van der Waals surface area contributed by atoms with Gasteiger partial charge in [0.1, 0.15) is 17.3 Å². The molecule has 2 N–H and O–H groups in total. The first-order valence-corrected chi connectivity index (χ1v) is 8.80. The molecule has 3 aromatic rings. The highest BCUT2D eigenvalue weighted by atomic mass is 15.2. The third-order valence-electron chi connectivity index (χ3n) is 4.52. The first-order valence-electron chi connectivity index (χ1n) is 8.80. The first-order chi connectivity index (χ1) is 12.7. The fraction of sp³-hybridized carbons (Fsp3) is 0.389. The Morgan fingerprint density at radius 1 is 1.15 bits per heavy atom. The highest BCUT2D eigenvalue weighted by Crippen LogP contribution is 2.25. The van der Waals surface area contributed by atoms with Crippen LogP contribution < -0.4 is 5.32 Å². The number of anilines is 1. The summed E-state index contributed by atoms with van der Waals surface area (Å²) in [7, 11) is 2.14. The predicted molar refractivity (Wildman–Crippen MR) is 98.6 cm³/mol. The molecular weight excluding hydrogens is 328 g/mol. The summed E-state index contributed by atoms with van der Waals surface area (Å²) in [5.41, 5.74) is 3.06. The zero-order chi connectivity index (χ0) is 17.9. The molecule has 8 nitrogen and oxygen atoms in total. The molecule has 4 rings (SSSR count). The minimum atomic E-state index is 0.519. The van der Waals surface area contributed by atoms with Crippen LogP contribution in [0.1, 0.15) is 22.9 Å². The number of aromatic nitrogens is 6. The third-order valence-corrected chi connectivity index (χ3v) is 4.52. The molecular formula is C18H22N8. The first kappa shape index (κ1) is 16.6. The van der Waals surface area contributed by atoms with Crippen LogP contribution in [0, 0.1) is 6.92 Å². The molecule has 1 aliphatic rings. The zero-order valence-electron chi connectivity index (χ0n) is 15.0. The van der Waals surface area contributed by atoms with Gasteiger partial charge in [0.2, 0.25) is 0 Å². The molecule has 26 heavy (non-hydrogen) atoms. The highest BCUT2D eigenvalue weighted by molar-refractivity contribution is 5.57. The van der Waals surface area contributed by atoms with Crippen molar-refractivity contribution >= 4 is 5.82 Å². The maximum atomic E-state index is 4.82. The lowest BCUT2D eigenvalue weighted by Crippen LogP contribution is -2.20. The Hall–Kier alpha value is -2.87. The largest absolute Gasteiger partial charge is 0.362 e. The van der Waals surface area contributed by atoms with Crippen LogP contribution in [0.25, 0.3) is 11.5 Å². The quantitative estimate of drug-likeness (QED) is 0.738. The molecule has 0 saturated heterocycles. The number of pyridine rings is 1. The monoisotopic (exact) mass is 350 g/mol. The summed E-state index contributed by atoms with van der Waals surface area (Å²) < 4.78 is 0. The Morgan fingerprint density at radius 2 is 2.04 bits per heavy atom. The summed E-state index contributed by atoms with van der Waals surface area (Å²) in [4.78, 5) is 20.7. The molecule has 1 aliphatic heterocycles. The van der Waals surface area contributed by atoms with Crippen molar-refractivity contribution in [3.05, 3.63) is 47.3 Å². The van der Waals surface area contributed by atoms with Crippen molar-refractivity contribution in [3.63, 3.8) is 0 Å². The van der Waals surface area contributed by atoms with E-state index >= 15 is 0 Å². The van der Waals surface area contributed by atoms with E-state index < -0.39 is 0 Å². The van der Waals surface area contributed by atoms with Gasteiger partial charge in [-0.25, -0.2) is 15.0 Å². The summed E-state index contributed by atoms with van der Waals surface area (Å²) in [6.45, 7) is 4.40. The van der Waals surface area contributed by atoms with E-state index in [9.17, 15) is 0 Å². The van der Waals surface area contributed by atoms with Crippen molar-refractivity contribution in [1.82, 2.24) is 35.0 Å². The minimum absolute atomic E-state index is 0.519. The maximum Gasteiger partial charge on any atom is 0.180 e. The zero-order valence-corrected chi connectivity index (χ0v) is 15.0. The van der Waals surface area contributed by atoms with E-state index in [1.807, 2.05) is 25.1 Å². The van der Waals surface area contributed by atoms with Gasteiger partial charge in [0, 0.05) is 31.3 Å². The second kappa shape index (κ2) is 7.17. The molecule has 0 spiro atoms. The second-order valence-electron chi connectivity index (χ2n) is 6.53. The van der Waals surface area contributed by atoms with Crippen LogP contribution >= 0.6 is 0 Å². The third kappa shape index (κ3) is 3.55. The van der Waals surface area contributed by atoms with Gasteiger partial charge in [-0.3, -0.25) is 10.1 Å². The van der Waals surface area contributed by atoms with E-state index in [4.69, 9.17) is 9.97 Å². The second-order valence-corrected chi connectivity index (χ2v) is 6.53. The molecule has 0 aliphatic carbocycles. The van der Waals surface area contributed by atoms with Crippen LogP contribution in [0.15, 0.2) is 24.4 Å². The number of aromatic amines is 1. The summed E-state index contributed by atoms with van der Waals surface area (Å²) in [5, 5.41) is 10.5. The average Bonchev–Trinajstić information content (AvgIpc) is 2.99. The van der Waals surface area contributed by atoms with Crippen molar-refractivity contribution in [2.24, 2.45) is 0 Å². The average molecular weight is 350 g/mol. The van der Waals surface area contributed by atoms with Gasteiger partial charge in [-0.1, -0.05) is 6.07 Å². The number of H-pyrrole nitrogens is 1. The van der Waals surface area contributed by atoms with E-state index in [1.165, 1.54) is 5.56 Å². The van der Waals surface area contributed by atoms with E-state index in [0.717, 1.165) is 54.8 Å². The molecule has 8 heteroatoms. The lowest BCUT2D eigenvalue weighted by molar-refractivity contribution is 0.352. The summed E-state index contributed by atoms with van der Waals surface area (Å²) in [6, 6.07) is 5.79. The number of fused-ring (bicyclic) bond motifs is 1. The van der Waals surface area contributed by atoms with Gasteiger partial charge >= 0.3 is 0 Å². The molecule has 0 amide bonds. The van der Waals surface area contributed by atoms with Crippen LogP contribution in [-0.2, 0) is 19.4 Å². The van der Waals surface area contributed by atoms with Gasteiger partial charge in [0.25, 0.3) is 0 Å². The number of rotatable bonds is 4. The molecule has 0 atom stereocenters. The van der Waals surface area contributed by atoms with Crippen molar-refractivity contribution < 1.29 is 0 Å². The van der Waals surface area contributed by atoms with Crippen LogP contribution in [0.4, 0.5) is 5.82 Å². The molecule has 0 aromatic carbocycles. The SMILES string of the molecule is Cc1nc(CNc2nc(-c3ccccn3)nc3c2CCN(C)CC3)n[nH]1. The topological polar surface area (TPSA) is 95.5 Å². The molecule has 0 bridgehead atoms. The molecule has 3 aromatic heterocycles. The molecule has 134 valence electrons. The molecule has 0 fully saturated rings. The van der Waals surface area contributed by atoms with Crippen LogP contribution in [0.3, 0.4) is 0 Å². The maximum absolute atomic E-state index is 4.82. The van der Waals surface area contributed by atoms with E-state index in [2.05, 4.69) is 37.4 Å². The lowest BCUT2D eigenvalue weighted by Gasteiger charge is -2.14. The van der Waals surface area contributed by atoms with Gasteiger partial charge in [-0.2, -0.15) is 5.10 Å². The number of aryl methyl sites for hydroxylation is 1. The molecule has 0 radical (unpaired) electrons.